The second-order valence-electron chi connectivity index (χ2n) is 7.03. The zero-order valence-electron chi connectivity index (χ0n) is 12.9. The summed E-state index contributed by atoms with van der Waals surface area (Å²) in [7, 11) is 0. The Morgan fingerprint density at radius 1 is 1.23 bits per heavy atom. The van der Waals surface area contributed by atoms with Crippen LogP contribution in [0.5, 0.6) is 0 Å². The van der Waals surface area contributed by atoms with E-state index in [1.54, 1.807) is 0 Å². The van der Waals surface area contributed by atoms with Crippen LogP contribution in [-0.2, 0) is 15.3 Å². The number of nitrogens with zero attached hydrogens (tertiary/aromatic N) is 1. The van der Waals surface area contributed by atoms with Crippen molar-refractivity contribution in [1.29, 1.82) is 0 Å². The molecule has 1 amide bonds. The van der Waals surface area contributed by atoms with Gasteiger partial charge in [0.05, 0.1) is 6.61 Å². The summed E-state index contributed by atoms with van der Waals surface area (Å²) in [5, 5.41) is 0.718. The molecule has 0 aromatic heterocycles. The topological polar surface area (TPSA) is 29.5 Å². The highest BCUT2D eigenvalue weighted by atomic mass is 35.5. The first kappa shape index (κ1) is 14.5. The summed E-state index contributed by atoms with van der Waals surface area (Å²) in [4.78, 5) is 15.0. The minimum absolute atomic E-state index is 0.0244. The molecule has 0 radical (unpaired) electrons. The molecule has 4 rings (SSSR count). The molecule has 22 heavy (non-hydrogen) atoms. The van der Waals surface area contributed by atoms with Crippen LogP contribution in [0.2, 0.25) is 5.02 Å². The zero-order chi connectivity index (χ0) is 15.3. The third-order valence-electron chi connectivity index (χ3n) is 5.66. The van der Waals surface area contributed by atoms with Crippen LogP contribution in [-0.4, -0.2) is 23.5 Å². The van der Waals surface area contributed by atoms with Gasteiger partial charge in [-0.2, -0.15) is 0 Å². The first-order valence-electron chi connectivity index (χ1n) is 8.35. The largest absolute Gasteiger partial charge is 0.351 e. The Balaban J connectivity index is 1.78. The van der Waals surface area contributed by atoms with Crippen molar-refractivity contribution in [3.8, 4) is 0 Å². The third-order valence-corrected chi connectivity index (χ3v) is 5.92. The van der Waals surface area contributed by atoms with Gasteiger partial charge < -0.3 is 9.64 Å². The van der Waals surface area contributed by atoms with Gasteiger partial charge in [-0.3, -0.25) is 4.79 Å². The number of amides is 1. The molecule has 1 aromatic carbocycles. The van der Waals surface area contributed by atoms with E-state index in [1.807, 2.05) is 31.2 Å². The summed E-state index contributed by atoms with van der Waals surface area (Å²) in [6.45, 7) is 2.79. The fourth-order valence-corrected chi connectivity index (χ4v) is 4.72. The fraction of sp³-hybridized carbons (Fsp3) is 0.611. The molecule has 3 aliphatic rings. The average molecular weight is 320 g/mol. The lowest BCUT2D eigenvalue weighted by Crippen LogP contribution is -2.59. The van der Waals surface area contributed by atoms with E-state index >= 15 is 0 Å². The Labute approximate surface area is 136 Å². The predicted molar refractivity (Wildman–Crippen MR) is 85.5 cm³/mol. The molecule has 2 aliphatic heterocycles. The monoisotopic (exact) mass is 319 g/mol. The molecule has 1 saturated carbocycles. The van der Waals surface area contributed by atoms with Gasteiger partial charge in [0.25, 0.3) is 0 Å². The van der Waals surface area contributed by atoms with Crippen molar-refractivity contribution >= 4 is 17.5 Å². The molecule has 3 fully saturated rings. The zero-order valence-corrected chi connectivity index (χ0v) is 13.7. The molecule has 0 N–H and O–H groups in total. The van der Waals surface area contributed by atoms with E-state index in [-0.39, 0.29) is 11.8 Å². The van der Waals surface area contributed by atoms with Gasteiger partial charge in [0.2, 0.25) is 5.91 Å². The molecule has 2 saturated heterocycles. The van der Waals surface area contributed by atoms with Crippen LogP contribution in [0.25, 0.3) is 0 Å². The Morgan fingerprint density at radius 2 is 1.95 bits per heavy atom. The highest BCUT2D eigenvalue weighted by Crippen LogP contribution is 2.51. The van der Waals surface area contributed by atoms with E-state index in [1.165, 1.54) is 19.3 Å². The molecule has 0 unspecified atom stereocenters. The average Bonchev–Trinajstić information content (AvgIpc) is 2.80. The van der Waals surface area contributed by atoms with Crippen molar-refractivity contribution in [3.05, 3.63) is 34.9 Å². The molecule has 3 nitrogen and oxygen atoms in total. The summed E-state index contributed by atoms with van der Waals surface area (Å²) >= 11 is 6.04. The molecular formula is C18H22ClNO2. The molecule has 4 atom stereocenters. The summed E-state index contributed by atoms with van der Waals surface area (Å²) in [6, 6.07) is 8.17. The van der Waals surface area contributed by atoms with E-state index in [9.17, 15) is 4.79 Å². The van der Waals surface area contributed by atoms with Crippen LogP contribution in [0.1, 0.15) is 44.6 Å². The number of hydrogen-bond acceptors (Lipinski definition) is 2. The van der Waals surface area contributed by atoms with Gasteiger partial charge in [-0.1, -0.05) is 43.5 Å². The van der Waals surface area contributed by atoms with E-state index < -0.39 is 5.72 Å². The number of fused-ring (bicyclic) bond motifs is 3. The van der Waals surface area contributed by atoms with Gasteiger partial charge in [0.15, 0.2) is 5.72 Å². The van der Waals surface area contributed by atoms with Crippen molar-refractivity contribution in [3.63, 3.8) is 0 Å². The van der Waals surface area contributed by atoms with Crippen LogP contribution < -0.4 is 0 Å². The maximum Gasteiger partial charge on any atom is 0.228 e. The molecule has 1 aliphatic carbocycles. The second kappa shape index (κ2) is 5.24. The smallest absolute Gasteiger partial charge is 0.228 e. The first-order chi connectivity index (χ1) is 10.6. The van der Waals surface area contributed by atoms with Gasteiger partial charge in [0.1, 0.15) is 0 Å². The number of halogens is 1. The van der Waals surface area contributed by atoms with Gasteiger partial charge in [-0.15, -0.1) is 0 Å². The van der Waals surface area contributed by atoms with Crippen molar-refractivity contribution in [2.24, 2.45) is 11.8 Å². The Kier molecular flexibility index (Phi) is 3.46. The Hall–Kier alpha value is -1.06. The standard InChI is InChI=1S/C18H22ClNO2/c1-12-10-18(14-6-8-15(19)9-7-14)20(17(12)21)16-5-3-2-4-13(16)11-22-18/h6-9,12-13,16H,2-5,10-11H2,1H3/t12-,13-,16-,18-/m1/s1. The molecule has 0 spiro atoms. The SMILES string of the molecule is C[C@@H]1C[C@]2(c3ccc(Cl)cc3)OC[C@H]3CCCC[C@H]3N2C1=O. The summed E-state index contributed by atoms with van der Waals surface area (Å²) in [5.74, 6) is 0.784. The number of carbonyl (C=O) groups excluding carboxylic acids is 1. The number of carbonyl (C=O) groups is 1. The molecule has 2 heterocycles. The normalized spacial score (nSPS) is 37.8. The lowest BCUT2D eigenvalue weighted by Gasteiger charge is -2.52. The van der Waals surface area contributed by atoms with Gasteiger partial charge >= 0.3 is 0 Å². The van der Waals surface area contributed by atoms with Crippen LogP contribution in [0.15, 0.2) is 24.3 Å². The molecule has 1 aromatic rings. The fourth-order valence-electron chi connectivity index (χ4n) is 4.59. The minimum Gasteiger partial charge on any atom is -0.351 e. The second-order valence-corrected chi connectivity index (χ2v) is 7.46. The third kappa shape index (κ3) is 2.02. The van der Waals surface area contributed by atoms with E-state index in [0.29, 0.717) is 12.0 Å². The lowest BCUT2D eigenvalue weighted by atomic mass is 9.81. The van der Waals surface area contributed by atoms with Crippen molar-refractivity contribution in [2.45, 2.75) is 50.8 Å². The molecule has 4 heteroatoms. The highest BCUT2D eigenvalue weighted by molar-refractivity contribution is 6.30. The van der Waals surface area contributed by atoms with Crippen molar-refractivity contribution in [1.82, 2.24) is 4.90 Å². The van der Waals surface area contributed by atoms with Crippen molar-refractivity contribution < 1.29 is 9.53 Å². The molecular weight excluding hydrogens is 298 g/mol. The minimum atomic E-state index is -0.570. The summed E-state index contributed by atoms with van der Waals surface area (Å²) in [5.41, 5.74) is 0.498. The van der Waals surface area contributed by atoms with E-state index in [2.05, 4.69) is 4.90 Å². The Morgan fingerprint density at radius 3 is 2.73 bits per heavy atom. The van der Waals surface area contributed by atoms with Crippen LogP contribution in [0, 0.1) is 11.8 Å². The maximum atomic E-state index is 12.9. The summed E-state index contributed by atoms with van der Waals surface area (Å²) in [6.07, 6.45) is 5.52. The van der Waals surface area contributed by atoms with Crippen LogP contribution in [0.3, 0.4) is 0 Å². The number of rotatable bonds is 1. The van der Waals surface area contributed by atoms with Crippen molar-refractivity contribution in [2.75, 3.05) is 6.61 Å². The van der Waals surface area contributed by atoms with E-state index in [0.717, 1.165) is 30.0 Å². The highest BCUT2D eigenvalue weighted by Gasteiger charge is 2.58. The maximum absolute atomic E-state index is 12.9. The van der Waals surface area contributed by atoms with Gasteiger partial charge in [0, 0.05) is 34.9 Å². The quantitative estimate of drug-likeness (QED) is 0.784. The predicted octanol–water partition coefficient (Wildman–Crippen LogP) is 3.95. The van der Waals surface area contributed by atoms with Gasteiger partial charge in [-0.25, -0.2) is 0 Å². The number of benzene rings is 1. The Bertz CT molecular complexity index is 587. The van der Waals surface area contributed by atoms with Crippen LogP contribution in [0.4, 0.5) is 0 Å². The van der Waals surface area contributed by atoms with Crippen LogP contribution >= 0.6 is 11.6 Å². The van der Waals surface area contributed by atoms with Gasteiger partial charge in [-0.05, 0) is 25.0 Å². The van der Waals surface area contributed by atoms with E-state index in [4.69, 9.17) is 16.3 Å². The summed E-state index contributed by atoms with van der Waals surface area (Å²) < 4.78 is 6.39. The first-order valence-corrected chi connectivity index (χ1v) is 8.73. The number of hydrogen-bond donors (Lipinski definition) is 0. The molecule has 118 valence electrons. The number of ether oxygens (including phenoxy) is 1. The lowest BCUT2D eigenvalue weighted by molar-refractivity contribution is -0.222. The molecule has 0 bridgehead atoms.